The van der Waals surface area contributed by atoms with Crippen LogP contribution >= 0.6 is 0 Å². The third-order valence-corrected chi connectivity index (χ3v) is 9.57. The number of carboxylic acid groups (broad SMARTS) is 1. The van der Waals surface area contributed by atoms with Gasteiger partial charge in [0, 0.05) is 46.4 Å². The number of rotatable bonds is 7. The first-order valence-corrected chi connectivity index (χ1v) is 15.0. The number of Topliss-reactive ketones (excluding diaryl/α,β-unsaturated/α-hetero) is 1. The smallest absolute Gasteiger partial charge is 0.303 e. The van der Waals surface area contributed by atoms with E-state index in [4.69, 9.17) is 15.0 Å². The van der Waals surface area contributed by atoms with Gasteiger partial charge in [0.1, 0.15) is 18.3 Å². The molecule has 0 aromatic heterocycles. The highest BCUT2D eigenvalue weighted by Crippen LogP contribution is 2.49. The van der Waals surface area contributed by atoms with Crippen LogP contribution in [-0.2, 0) is 9.59 Å². The molecule has 4 N–H and O–H groups in total. The van der Waals surface area contributed by atoms with Gasteiger partial charge in [0.05, 0.1) is 34.2 Å². The van der Waals surface area contributed by atoms with Crippen molar-refractivity contribution < 1.29 is 24.9 Å². The van der Waals surface area contributed by atoms with Gasteiger partial charge < -0.3 is 20.6 Å². The van der Waals surface area contributed by atoms with Gasteiger partial charge in [-0.25, -0.2) is 15.0 Å². The lowest BCUT2D eigenvalue weighted by Gasteiger charge is -2.20. The van der Waals surface area contributed by atoms with E-state index in [0.717, 1.165) is 57.2 Å². The Balaban J connectivity index is 1.67. The topological polar surface area (TPSA) is 144 Å². The van der Waals surface area contributed by atoms with Crippen molar-refractivity contribution in [3.05, 3.63) is 104 Å². The van der Waals surface area contributed by atoms with Gasteiger partial charge in [0.15, 0.2) is 5.78 Å². The van der Waals surface area contributed by atoms with Crippen LogP contribution in [0.1, 0.15) is 53.9 Å². The molecule has 5 heterocycles. The Hall–Kier alpha value is -4.63. The first kappa shape index (κ1) is 29.4. The molecule has 0 aromatic rings. The van der Waals surface area contributed by atoms with Crippen LogP contribution in [0.15, 0.2) is 119 Å². The van der Waals surface area contributed by atoms with Crippen LogP contribution in [0.5, 0.6) is 0 Å². The Morgan fingerprint density at radius 1 is 1.02 bits per heavy atom. The summed E-state index contributed by atoms with van der Waals surface area (Å²) in [6.45, 7) is 13.3. The summed E-state index contributed by atoms with van der Waals surface area (Å²) in [6.07, 6.45) is 8.66. The molecule has 0 aromatic carbocycles. The summed E-state index contributed by atoms with van der Waals surface area (Å²) in [5, 5.41) is 34.6. The summed E-state index contributed by atoms with van der Waals surface area (Å²) >= 11 is 0. The lowest BCUT2D eigenvalue weighted by molar-refractivity contribution is -0.137. The quantitative estimate of drug-likeness (QED) is 0.308. The van der Waals surface area contributed by atoms with Crippen molar-refractivity contribution in [2.24, 2.45) is 32.7 Å². The van der Waals surface area contributed by atoms with Crippen LogP contribution in [0, 0.1) is 17.8 Å². The third-order valence-electron chi connectivity index (χ3n) is 9.57. The molecule has 0 spiro atoms. The molecule has 9 heteroatoms. The molecule has 6 aliphatic rings. The number of allylic oxidation sites excluding steroid dienone is 12. The molecule has 8 bridgehead atoms. The maximum Gasteiger partial charge on any atom is 0.303 e. The van der Waals surface area contributed by atoms with Crippen LogP contribution in [-0.4, -0.2) is 50.8 Å². The van der Waals surface area contributed by atoms with E-state index in [1.807, 2.05) is 39.0 Å². The van der Waals surface area contributed by atoms with Gasteiger partial charge in [-0.2, -0.15) is 0 Å². The number of hydrogen-bond donors (Lipinski definition) is 4. The van der Waals surface area contributed by atoms with E-state index < -0.39 is 24.3 Å². The fraction of sp³-hybridized carbons (Fsp3) is 0.343. The highest BCUT2D eigenvalue weighted by Gasteiger charge is 2.48. The predicted molar refractivity (Wildman–Crippen MR) is 170 cm³/mol. The van der Waals surface area contributed by atoms with Crippen LogP contribution < -0.4 is 5.32 Å². The van der Waals surface area contributed by atoms with Crippen LogP contribution in [0.3, 0.4) is 0 Å². The van der Waals surface area contributed by atoms with Gasteiger partial charge in [-0.15, -0.1) is 0 Å². The van der Waals surface area contributed by atoms with Crippen LogP contribution in [0.2, 0.25) is 0 Å². The molecule has 0 unspecified atom stereocenters. The molecule has 0 saturated carbocycles. The summed E-state index contributed by atoms with van der Waals surface area (Å²) in [7, 11) is 0. The SMILES string of the molecule is C=CC1=C(C)C2=NC1=CC1=NC(=CC3=C(C)C4=C(O)[C@H](C(=O)CO)C(=C5NC(=C2)[C@@H](C)[C@@H]5CCC(=O)O)C4=N3)C(CC)=C1C. The van der Waals surface area contributed by atoms with E-state index >= 15 is 0 Å². The predicted octanol–water partition coefficient (Wildman–Crippen LogP) is 5.50. The second kappa shape index (κ2) is 10.8. The summed E-state index contributed by atoms with van der Waals surface area (Å²) in [5.74, 6) is -3.21. The zero-order chi connectivity index (χ0) is 31.6. The van der Waals surface area contributed by atoms with Gasteiger partial charge in [0.25, 0.3) is 0 Å². The van der Waals surface area contributed by atoms with Gasteiger partial charge >= 0.3 is 5.97 Å². The molecular weight excluding hydrogens is 556 g/mol. The number of nitrogens with zero attached hydrogens (tertiary/aromatic N) is 3. The zero-order valence-corrected chi connectivity index (χ0v) is 25.6. The van der Waals surface area contributed by atoms with Crippen molar-refractivity contribution in [1.82, 2.24) is 5.32 Å². The van der Waals surface area contributed by atoms with E-state index in [2.05, 4.69) is 25.7 Å². The van der Waals surface area contributed by atoms with Gasteiger partial charge in [-0.3, -0.25) is 9.59 Å². The van der Waals surface area contributed by atoms with Crippen molar-refractivity contribution in [2.75, 3.05) is 6.61 Å². The second-order valence-electron chi connectivity index (χ2n) is 11.9. The Bertz CT molecular complexity index is 1810. The highest BCUT2D eigenvalue weighted by atomic mass is 16.4. The largest absolute Gasteiger partial charge is 0.510 e. The lowest BCUT2D eigenvalue weighted by Crippen LogP contribution is -2.25. The third kappa shape index (κ3) is 4.37. The maximum atomic E-state index is 13.2. The minimum absolute atomic E-state index is 0.0777. The number of aliphatic imine (C=N–C) groups is 3. The maximum absolute atomic E-state index is 13.2. The number of aliphatic carboxylic acids is 1. The number of nitrogens with one attached hydrogen (secondary N) is 1. The van der Waals surface area contributed by atoms with E-state index in [-0.39, 0.29) is 24.0 Å². The molecule has 1 aliphatic carbocycles. The number of aliphatic hydroxyl groups excluding tert-OH is 2. The minimum atomic E-state index is -1.12. The van der Waals surface area contributed by atoms with E-state index in [9.17, 15) is 24.9 Å². The summed E-state index contributed by atoms with van der Waals surface area (Å²) < 4.78 is 0. The van der Waals surface area contributed by atoms with Crippen molar-refractivity contribution in [3.63, 3.8) is 0 Å². The van der Waals surface area contributed by atoms with Crippen molar-refractivity contribution in [1.29, 1.82) is 0 Å². The first-order valence-electron chi connectivity index (χ1n) is 15.0. The summed E-state index contributed by atoms with van der Waals surface area (Å²) in [5.41, 5.74) is 11.3. The summed E-state index contributed by atoms with van der Waals surface area (Å²) in [6, 6.07) is 0. The average Bonchev–Trinajstić information content (AvgIpc) is 3.72. The highest BCUT2D eigenvalue weighted by molar-refractivity contribution is 6.24. The van der Waals surface area contributed by atoms with E-state index in [1.165, 1.54) is 0 Å². The van der Waals surface area contributed by atoms with Gasteiger partial charge in [-0.1, -0.05) is 26.5 Å². The minimum Gasteiger partial charge on any atom is -0.510 e. The molecule has 9 nitrogen and oxygen atoms in total. The monoisotopic (exact) mass is 592 g/mol. The van der Waals surface area contributed by atoms with Crippen LogP contribution in [0.4, 0.5) is 0 Å². The Morgan fingerprint density at radius 3 is 2.39 bits per heavy atom. The molecule has 44 heavy (non-hydrogen) atoms. The van der Waals surface area contributed by atoms with Crippen molar-refractivity contribution in [2.45, 2.75) is 53.9 Å². The molecule has 5 aliphatic heterocycles. The fourth-order valence-electron chi connectivity index (χ4n) is 7.11. The number of ketones is 1. The number of fused-ring (bicyclic) bond motifs is 5. The standard InChI is InChI=1S/C35H36N4O5/c1-7-19-15(3)22-11-24-17(5)21(9-10-29(42)43)33(38-24)32-31(28(41)14-40)35(44)30-18(6)25(39-34(30)32)13-27-20(8-2)16(4)23(37-27)12-26(19)36-22/h7,11-13,17,21,31,38,40,44H,1,8-10,14H2,2-6H3,(H,42,43)/t17-,21-,31+/m0/s1. The number of carboxylic acids is 1. The molecule has 0 amide bonds. The molecule has 1 saturated heterocycles. The number of carbonyl (C=O) groups is 2. The van der Waals surface area contributed by atoms with E-state index in [0.29, 0.717) is 40.2 Å². The Labute approximate surface area is 256 Å². The zero-order valence-electron chi connectivity index (χ0n) is 25.6. The molecular formula is C35H36N4O5. The number of carbonyl (C=O) groups excluding carboxylic acids is 1. The van der Waals surface area contributed by atoms with Crippen molar-refractivity contribution in [3.8, 4) is 0 Å². The Kier molecular flexibility index (Phi) is 7.24. The lowest BCUT2D eigenvalue weighted by atomic mass is 9.83. The molecule has 6 rings (SSSR count). The first-order chi connectivity index (χ1) is 21.0. The normalized spacial score (nSPS) is 25.7. The molecule has 0 radical (unpaired) electrons. The molecule has 3 atom stereocenters. The molecule has 1 fully saturated rings. The average molecular weight is 593 g/mol. The molecule has 226 valence electrons. The van der Waals surface area contributed by atoms with Crippen molar-refractivity contribution >= 4 is 28.9 Å². The Morgan fingerprint density at radius 2 is 1.73 bits per heavy atom. The number of hydrogen-bond acceptors (Lipinski definition) is 8. The van der Waals surface area contributed by atoms with Gasteiger partial charge in [0.2, 0.25) is 0 Å². The second-order valence-corrected chi connectivity index (χ2v) is 11.9. The van der Waals surface area contributed by atoms with Crippen LogP contribution in [0.25, 0.3) is 0 Å². The number of aliphatic hydroxyl groups is 2. The van der Waals surface area contributed by atoms with E-state index in [1.54, 1.807) is 6.08 Å². The summed E-state index contributed by atoms with van der Waals surface area (Å²) in [4.78, 5) is 39.9. The fourth-order valence-corrected chi connectivity index (χ4v) is 7.11. The van der Waals surface area contributed by atoms with Gasteiger partial charge in [-0.05, 0) is 74.1 Å².